The first-order chi connectivity index (χ1) is 7.09. The van der Waals surface area contributed by atoms with Crippen LogP contribution in [0, 0.1) is 13.8 Å². The number of amides is 1. The number of carbonyl (C=O) groups excluding carboxylic acids is 1. The molecule has 1 unspecified atom stereocenters. The molecule has 2 nitrogen and oxygen atoms in total. The number of rotatable bonds is 1. The fourth-order valence-corrected chi connectivity index (χ4v) is 2.46. The molecule has 80 valence electrons. The summed E-state index contributed by atoms with van der Waals surface area (Å²) in [6, 6.07) is 6.11. The van der Waals surface area contributed by atoms with Crippen LogP contribution < -0.4 is 4.90 Å². The van der Waals surface area contributed by atoms with Gasteiger partial charge in [-0.05, 0) is 25.0 Å². The Bertz CT molecular complexity index is 382. The van der Waals surface area contributed by atoms with Gasteiger partial charge in [-0.1, -0.05) is 18.2 Å². The van der Waals surface area contributed by atoms with Crippen molar-refractivity contribution in [1.29, 1.82) is 0 Å². The van der Waals surface area contributed by atoms with Gasteiger partial charge in [-0.15, -0.1) is 0 Å². The van der Waals surface area contributed by atoms with Gasteiger partial charge < -0.3 is 4.90 Å². The van der Waals surface area contributed by atoms with Crippen molar-refractivity contribution >= 4 is 24.2 Å². The third-order valence-electron chi connectivity index (χ3n) is 2.81. The minimum atomic E-state index is 0.177. The molecule has 0 radical (unpaired) electrons. The Labute approximate surface area is 95.7 Å². The van der Waals surface area contributed by atoms with Crippen LogP contribution in [0.25, 0.3) is 0 Å². The van der Waals surface area contributed by atoms with Crippen molar-refractivity contribution in [2.45, 2.75) is 25.5 Å². The second kappa shape index (κ2) is 3.89. The number of aryl methyl sites for hydroxylation is 2. The molecule has 1 amide bonds. The second-order valence-corrected chi connectivity index (χ2v) is 4.83. The van der Waals surface area contributed by atoms with Gasteiger partial charge in [0.2, 0.25) is 5.91 Å². The molecule has 0 N–H and O–H groups in total. The van der Waals surface area contributed by atoms with Crippen LogP contribution in [0.3, 0.4) is 0 Å². The van der Waals surface area contributed by atoms with Crippen LogP contribution in [-0.2, 0) is 4.79 Å². The molecule has 15 heavy (non-hydrogen) atoms. The van der Waals surface area contributed by atoms with Gasteiger partial charge in [-0.2, -0.15) is 12.6 Å². The highest BCUT2D eigenvalue weighted by Gasteiger charge is 2.29. The number of hydrogen-bond donors (Lipinski definition) is 1. The number of benzene rings is 1. The highest BCUT2D eigenvalue weighted by molar-refractivity contribution is 7.81. The Morgan fingerprint density at radius 1 is 1.33 bits per heavy atom. The first-order valence-corrected chi connectivity index (χ1v) is 5.66. The summed E-state index contributed by atoms with van der Waals surface area (Å²) < 4.78 is 0. The van der Waals surface area contributed by atoms with Gasteiger partial charge in [0, 0.05) is 23.9 Å². The molecule has 0 saturated carbocycles. The summed E-state index contributed by atoms with van der Waals surface area (Å²) >= 11 is 4.37. The normalized spacial score (nSPS) is 21.1. The maximum atomic E-state index is 11.8. The van der Waals surface area contributed by atoms with Crippen molar-refractivity contribution in [2.24, 2.45) is 0 Å². The van der Waals surface area contributed by atoms with E-state index in [1.807, 2.05) is 36.9 Å². The first-order valence-electron chi connectivity index (χ1n) is 5.14. The zero-order valence-corrected chi connectivity index (χ0v) is 9.92. The molecule has 1 aromatic rings. The molecule has 1 aliphatic heterocycles. The molecule has 0 aliphatic carbocycles. The second-order valence-electron chi connectivity index (χ2n) is 4.10. The molecule has 2 rings (SSSR count). The molecule has 0 bridgehead atoms. The van der Waals surface area contributed by atoms with Crippen molar-refractivity contribution in [2.75, 3.05) is 11.4 Å². The third kappa shape index (κ3) is 1.88. The maximum Gasteiger partial charge on any atom is 0.228 e. The van der Waals surface area contributed by atoms with Crippen molar-refractivity contribution in [3.05, 3.63) is 29.3 Å². The lowest BCUT2D eigenvalue weighted by Gasteiger charge is -2.20. The average Bonchev–Trinajstić information content (AvgIpc) is 2.45. The highest BCUT2D eigenvalue weighted by atomic mass is 32.1. The van der Waals surface area contributed by atoms with E-state index < -0.39 is 0 Å². The van der Waals surface area contributed by atoms with Crippen LogP contribution in [0.1, 0.15) is 17.5 Å². The summed E-state index contributed by atoms with van der Waals surface area (Å²) in [5.41, 5.74) is 3.38. The molecule has 1 heterocycles. The molecule has 1 saturated heterocycles. The van der Waals surface area contributed by atoms with Crippen molar-refractivity contribution in [3.8, 4) is 0 Å². The number of anilines is 1. The quantitative estimate of drug-likeness (QED) is 0.722. The minimum Gasteiger partial charge on any atom is -0.311 e. The third-order valence-corrected chi connectivity index (χ3v) is 3.16. The van der Waals surface area contributed by atoms with Gasteiger partial charge in [0.05, 0.1) is 0 Å². The van der Waals surface area contributed by atoms with Gasteiger partial charge in [0.25, 0.3) is 0 Å². The molecule has 3 heteroatoms. The Hall–Kier alpha value is -0.960. The smallest absolute Gasteiger partial charge is 0.228 e. The number of carbonyl (C=O) groups is 1. The number of para-hydroxylation sites is 1. The van der Waals surface area contributed by atoms with E-state index in [1.165, 1.54) is 0 Å². The lowest BCUT2D eigenvalue weighted by atomic mass is 10.1. The Balaban J connectivity index is 2.41. The number of hydrogen-bond acceptors (Lipinski definition) is 2. The van der Waals surface area contributed by atoms with Gasteiger partial charge >= 0.3 is 0 Å². The van der Waals surface area contributed by atoms with Crippen molar-refractivity contribution in [1.82, 2.24) is 0 Å². The van der Waals surface area contributed by atoms with E-state index in [1.54, 1.807) is 0 Å². The van der Waals surface area contributed by atoms with E-state index in [9.17, 15) is 4.79 Å². The Morgan fingerprint density at radius 2 is 1.93 bits per heavy atom. The lowest BCUT2D eigenvalue weighted by Crippen LogP contribution is -2.26. The lowest BCUT2D eigenvalue weighted by molar-refractivity contribution is -0.117. The van der Waals surface area contributed by atoms with Gasteiger partial charge in [-0.3, -0.25) is 4.79 Å². The Kier molecular flexibility index (Phi) is 2.74. The average molecular weight is 221 g/mol. The number of thiol groups is 1. The standard InChI is InChI=1S/C12H15NOS/c1-8-4-3-5-9(2)12(8)13-7-10(15)6-11(13)14/h3-5,10,15H,6-7H2,1-2H3. The van der Waals surface area contributed by atoms with Crippen LogP contribution >= 0.6 is 12.6 Å². The van der Waals surface area contributed by atoms with Gasteiger partial charge in [-0.25, -0.2) is 0 Å². The fourth-order valence-electron chi connectivity index (χ4n) is 2.14. The molecule has 0 aromatic heterocycles. The number of nitrogens with zero attached hydrogens (tertiary/aromatic N) is 1. The van der Waals surface area contributed by atoms with Crippen molar-refractivity contribution in [3.63, 3.8) is 0 Å². The predicted molar refractivity (Wildman–Crippen MR) is 65.7 cm³/mol. The SMILES string of the molecule is Cc1cccc(C)c1N1CC(S)CC1=O. The van der Waals surface area contributed by atoms with Crippen molar-refractivity contribution < 1.29 is 4.79 Å². The zero-order valence-electron chi connectivity index (χ0n) is 9.03. The molecule has 1 aliphatic rings. The molecule has 1 aromatic carbocycles. The topological polar surface area (TPSA) is 20.3 Å². The summed E-state index contributed by atoms with van der Waals surface area (Å²) in [4.78, 5) is 13.6. The van der Waals surface area contributed by atoms with Crippen LogP contribution in [0.4, 0.5) is 5.69 Å². The Morgan fingerprint density at radius 3 is 2.40 bits per heavy atom. The van der Waals surface area contributed by atoms with Crippen LogP contribution in [0.5, 0.6) is 0 Å². The zero-order chi connectivity index (χ0) is 11.0. The van der Waals surface area contributed by atoms with Crippen LogP contribution in [-0.4, -0.2) is 17.7 Å². The van der Waals surface area contributed by atoms with E-state index >= 15 is 0 Å². The summed E-state index contributed by atoms with van der Waals surface area (Å²) in [6.07, 6.45) is 0.552. The van der Waals surface area contributed by atoms with E-state index in [0.717, 1.165) is 23.4 Å². The maximum absolute atomic E-state index is 11.8. The van der Waals surface area contributed by atoms with Gasteiger partial charge in [0.15, 0.2) is 0 Å². The monoisotopic (exact) mass is 221 g/mol. The van der Waals surface area contributed by atoms with E-state index in [2.05, 4.69) is 12.6 Å². The summed E-state index contributed by atoms with van der Waals surface area (Å²) in [6.45, 7) is 4.82. The summed E-state index contributed by atoms with van der Waals surface area (Å²) in [5, 5.41) is 0.177. The summed E-state index contributed by atoms with van der Waals surface area (Å²) in [5.74, 6) is 0.187. The molecular formula is C12H15NOS. The summed E-state index contributed by atoms with van der Waals surface area (Å²) in [7, 11) is 0. The molecule has 1 atom stereocenters. The van der Waals surface area contributed by atoms with Crippen LogP contribution in [0.15, 0.2) is 18.2 Å². The van der Waals surface area contributed by atoms with Crippen LogP contribution in [0.2, 0.25) is 0 Å². The minimum absolute atomic E-state index is 0.177. The predicted octanol–water partition coefficient (Wildman–Crippen LogP) is 2.34. The highest BCUT2D eigenvalue weighted by Crippen LogP contribution is 2.29. The largest absolute Gasteiger partial charge is 0.311 e. The van der Waals surface area contributed by atoms with E-state index in [-0.39, 0.29) is 11.2 Å². The van der Waals surface area contributed by atoms with E-state index in [4.69, 9.17) is 0 Å². The molecule has 0 spiro atoms. The van der Waals surface area contributed by atoms with E-state index in [0.29, 0.717) is 6.42 Å². The van der Waals surface area contributed by atoms with Gasteiger partial charge in [0.1, 0.15) is 0 Å². The fraction of sp³-hybridized carbons (Fsp3) is 0.417. The first kappa shape index (κ1) is 10.6. The molecular weight excluding hydrogens is 206 g/mol. The molecule has 1 fully saturated rings.